The molecule has 3 aromatic carbocycles. The Morgan fingerprint density at radius 1 is 0.725 bits per heavy atom. The molecule has 10 heteroatoms. The number of benzene rings is 3. The van der Waals surface area contributed by atoms with Gasteiger partial charge in [0.2, 0.25) is 20.0 Å². The van der Waals surface area contributed by atoms with Crippen LogP contribution in [-0.2, 0) is 33.1 Å². The minimum absolute atomic E-state index is 0.0448. The van der Waals surface area contributed by atoms with Gasteiger partial charge in [-0.15, -0.1) is 0 Å². The Bertz CT molecular complexity index is 1750. The molecule has 0 fully saturated rings. The number of hydrogen-bond acceptors (Lipinski definition) is 6. The number of fused-ring (bicyclic) bond motifs is 2. The zero-order valence-corrected chi connectivity index (χ0v) is 23.3. The van der Waals surface area contributed by atoms with Gasteiger partial charge in [-0.2, -0.15) is 0 Å². The summed E-state index contributed by atoms with van der Waals surface area (Å²) >= 11 is 0. The summed E-state index contributed by atoms with van der Waals surface area (Å²) in [4.78, 5) is 0.0494. The van der Waals surface area contributed by atoms with Gasteiger partial charge < -0.3 is 10.6 Å². The third kappa shape index (κ3) is 4.66. The molecule has 0 amide bonds. The normalized spacial score (nSPS) is 24.4. The maximum absolute atomic E-state index is 13.1. The van der Waals surface area contributed by atoms with Crippen LogP contribution in [0.4, 0.5) is 0 Å². The minimum Gasteiger partial charge on any atom is -0.305 e. The highest BCUT2D eigenvalue weighted by Crippen LogP contribution is 2.56. The maximum Gasteiger partial charge on any atom is 0.238 e. The van der Waals surface area contributed by atoms with Crippen LogP contribution in [0, 0.1) is 5.41 Å². The first kappa shape index (κ1) is 26.8. The highest BCUT2D eigenvalue weighted by atomic mass is 32.2. The van der Waals surface area contributed by atoms with Crippen molar-refractivity contribution in [1.82, 2.24) is 10.6 Å². The van der Waals surface area contributed by atoms with Crippen molar-refractivity contribution in [1.29, 1.82) is 0 Å². The fourth-order valence-corrected chi connectivity index (χ4v) is 8.02. The van der Waals surface area contributed by atoms with E-state index in [4.69, 9.17) is 10.3 Å². The number of nitrogens with one attached hydrogen (secondary N) is 2. The average Bonchev–Trinajstić information content (AvgIpc) is 3.56. The maximum atomic E-state index is 13.1. The minimum atomic E-state index is -4.12. The molecule has 1 aliphatic carbocycles. The first-order valence-corrected chi connectivity index (χ1v) is 16.0. The van der Waals surface area contributed by atoms with Gasteiger partial charge in [-0.1, -0.05) is 91.0 Å². The molecule has 0 spiro atoms. The van der Waals surface area contributed by atoms with E-state index in [1.807, 2.05) is 24.3 Å². The molecule has 0 saturated heterocycles. The molecule has 3 aromatic rings. The van der Waals surface area contributed by atoms with Gasteiger partial charge in [-0.3, -0.25) is 0 Å². The quantitative estimate of drug-likeness (QED) is 0.355. The van der Waals surface area contributed by atoms with Crippen LogP contribution in [0.5, 0.6) is 0 Å². The smallest absolute Gasteiger partial charge is 0.238 e. The summed E-state index contributed by atoms with van der Waals surface area (Å²) in [6, 6.07) is 22.3. The Morgan fingerprint density at radius 2 is 1.27 bits per heavy atom. The Kier molecular flexibility index (Phi) is 6.65. The molecule has 40 heavy (non-hydrogen) atoms. The van der Waals surface area contributed by atoms with Crippen LogP contribution in [0.3, 0.4) is 0 Å². The van der Waals surface area contributed by atoms with Crippen molar-refractivity contribution < 1.29 is 16.8 Å². The summed E-state index contributed by atoms with van der Waals surface area (Å²) in [5, 5.41) is 18.6. The third-order valence-corrected chi connectivity index (χ3v) is 10.2. The SMILES string of the molecule is NS(=O)(=O)C1=C(C=Cc2ccccc2S(N)(=O)=O)C=CC(C2NCc3ccccc32)(C2NCc3ccccc32)C1. The number of nitrogens with two attached hydrogens (primary N) is 2. The van der Waals surface area contributed by atoms with E-state index in [2.05, 4.69) is 41.0 Å². The molecule has 0 aromatic heterocycles. The first-order valence-electron chi connectivity index (χ1n) is 13.0. The Labute approximate surface area is 234 Å². The van der Waals surface area contributed by atoms with Crippen LogP contribution < -0.4 is 20.9 Å². The molecule has 0 bridgehead atoms. The highest BCUT2D eigenvalue weighted by molar-refractivity contribution is 7.93. The van der Waals surface area contributed by atoms with Crippen molar-refractivity contribution >= 4 is 26.1 Å². The first-order chi connectivity index (χ1) is 19.1. The molecule has 6 rings (SSSR count). The van der Waals surface area contributed by atoms with Crippen LogP contribution in [0.1, 0.15) is 46.3 Å². The van der Waals surface area contributed by atoms with E-state index in [0.29, 0.717) is 24.2 Å². The predicted molar refractivity (Wildman–Crippen MR) is 155 cm³/mol. The summed E-state index contributed by atoms with van der Waals surface area (Å²) in [5.74, 6) is 0. The van der Waals surface area contributed by atoms with Gasteiger partial charge >= 0.3 is 0 Å². The van der Waals surface area contributed by atoms with Gasteiger partial charge in [-0.05, 0) is 45.9 Å². The number of allylic oxidation sites excluding steroid dienone is 4. The van der Waals surface area contributed by atoms with Gasteiger partial charge in [0.25, 0.3) is 0 Å². The third-order valence-electron chi connectivity index (χ3n) is 8.17. The summed E-state index contributed by atoms with van der Waals surface area (Å²) in [7, 11) is -8.09. The molecule has 2 unspecified atom stereocenters. The summed E-state index contributed by atoms with van der Waals surface area (Å²) in [5.41, 5.74) is 4.68. The monoisotopic (exact) mass is 574 g/mol. The van der Waals surface area contributed by atoms with E-state index >= 15 is 0 Å². The van der Waals surface area contributed by atoms with E-state index in [-0.39, 0.29) is 28.3 Å². The lowest BCUT2D eigenvalue weighted by Crippen LogP contribution is -2.44. The van der Waals surface area contributed by atoms with Crippen LogP contribution in [0.15, 0.2) is 106 Å². The largest absolute Gasteiger partial charge is 0.305 e. The lowest BCUT2D eigenvalue weighted by Gasteiger charge is -2.45. The van der Waals surface area contributed by atoms with Crippen LogP contribution in [0.2, 0.25) is 0 Å². The van der Waals surface area contributed by atoms with E-state index in [1.54, 1.807) is 36.4 Å². The molecule has 6 N–H and O–H groups in total. The number of hydrogen-bond donors (Lipinski definition) is 4. The van der Waals surface area contributed by atoms with Gasteiger partial charge in [0, 0.05) is 30.6 Å². The molecule has 0 radical (unpaired) electrons. The molecule has 2 heterocycles. The second kappa shape index (κ2) is 9.91. The molecule has 2 atom stereocenters. The van der Waals surface area contributed by atoms with Crippen molar-refractivity contribution in [3.63, 3.8) is 0 Å². The standard InChI is InChI=1S/C30H30N4O4S2/c31-39(35,36)26-12-6-3-7-20(26)13-14-21-15-16-30(17-27(21)40(32,37)38,28-24-10-4-1-8-22(24)18-33-28)29-25-11-5-2-9-23(25)19-34-29/h1-16,28-29,33-34H,17-19H2,(H2,31,35,36)(H2,32,37,38). The van der Waals surface area contributed by atoms with Crippen molar-refractivity contribution in [3.05, 3.63) is 129 Å². The average molecular weight is 575 g/mol. The molecule has 8 nitrogen and oxygen atoms in total. The zero-order valence-electron chi connectivity index (χ0n) is 21.6. The summed E-state index contributed by atoms with van der Waals surface area (Å²) in [6.07, 6.45) is 7.19. The van der Waals surface area contributed by atoms with E-state index < -0.39 is 25.5 Å². The van der Waals surface area contributed by atoms with E-state index in [9.17, 15) is 16.8 Å². The van der Waals surface area contributed by atoms with E-state index in [1.165, 1.54) is 17.2 Å². The van der Waals surface area contributed by atoms with Crippen molar-refractivity contribution in [3.8, 4) is 0 Å². The predicted octanol–water partition coefficient (Wildman–Crippen LogP) is 3.53. The number of sulfonamides is 2. The van der Waals surface area contributed by atoms with Gasteiger partial charge in [-0.25, -0.2) is 27.1 Å². The topological polar surface area (TPSA) is 144 Å². The van der Waals surface area contributed by atoms with Crippen LogP contribution in [-0.4, -0.2) is 16.8 Å². The Balaban J connectivity index is 1.49. The highest BCUT2D eigenvalue weighted by Gasteiger charge is 2.51. The second-order valence-electron chi connectivity index (χ2n) is 10.5. The molecule has 206 valence electrons. The summed E-state index contributed by atoms with van der Waals surface area (Å²) < 4.78 is 50.5. The van der Waals surface area contributed by atoms with Crippen LogP contribution >= 0.6 is 0 Å². The van der Waals surface area contributed by atoms with Gasteiger partial charge in [0.15, 0.2) is 0 Å². The zero-order chi connectivity index (χ0) is 28.1. The number of rotatable bonds is 6. The Morgan fingerprint density at radius 3 is 1.85 bits per heavy atom. The van der Waals surface area contributed by atoms with Crippen LogP contribution in [0.25, 0.3) is 6.08 Å². The molecule has 0 saturated carbocycles. The lowest BCUT2D eigenvalue weighted by atomic mass is 9.65. The van der Waals surface area contributed by atoms with Crippen molar-refractivity contribution in [2.45, 2.75) is 36.5 Å². The molecular formula is C30H30N4O4S2. The molecule has 2 aliphatic heterocycles. The van der Waals surface area contributed by atoms with Crippen molar-refractivity contribution in [2.24, 2.45) is 15.7 Å². The van der Waals surface area contributed by atoms with Gasteiger partial charge in [0.1, 0.15) is 0 Å². The van der Waals surface area contributed by atoms with Crippen molar-refractivity contribution in [2.75, 3.05) is 0 Å². The Hall–Kier alpha value is -3.38. The molecular weight excluding hydrogens is 544 g/mol. The molecule has 3 aliphatic rings. The van der Waals surface area contributed by atoms with E-state index in [0.717, 1.165) is 11.1 Å². The summed E-state index contributed by atoms with van der Waals surface area (Å²) in [6.45, 7) is 1.35. The van der Waals surface area contributed by atoms with Gasteiger partial charge in [0.05, 0.1) is 9.80 Å². The second-order valence-corrected chi connectivity index (χ2v) is 13.6. The fraction of sp³-hybridized carbons (Fsp3) is 0.200. The fourth-order valence-electron chi connectivity index (χ4n) is 6.37. The lowest BCUT2D eigenvalue weighted by molar-refractivity contribution is 0.194. The number of primary sulfonamides is 2.